The molecule has 1 aromatic carbocycles. The van der Waals surface area contributed by atoms with Crippen LogP contribution < -0.4 is 0 Å². The number of rotatable bonds is 3. The molecule has 2 rings (SSSR count). The summed E-state index contributed by atoms with van der Waals surface area (Å²) in [5.41, 5.74) is -0.0793. The number of benzene rings is 1. The molecule has 6 nitrogen and oxygen atoms in total. The van der Waals surface area contributed by atoms with Crippen LogP contribution >= 0.6 is 11.6 Å². The molecule has 21 heavy (non-hydrogen) atoms. The van der Waals surface area contributed by atoms with Crippen LogP contribution in [0.25, 0.3) is 0 Å². The third-order valence-electron chi connectivity index (χ3n) is 3.73. The smallest absolute Gasteiger partial charge is 0.278 e. The van der Waals surface area contributed by atoms with Crippen molar-refractivity contribution in [2.45, 2.75) is 20.3 Å². The summed E-state index contributed by atoms with van der Waals surface area (Å²) in [6.45, 7) is 4.40. The Hall–Kier alpha value is -1.95. The highest BCUT2D eigenvalue weighted by molar-refractivity contribution is 6.33. The maximum atomic E-state index is 12.3. The summed E-state index contributed by atoms with van der Waals surface area (Å²) in [6.07, 6.45) is 0.351. The average Bonchev–Trinajstić information content (AvgIpc) is 2.79. The summed E-state index contributed by atoms with van der Waals surface area (Å²) in [5, 5.41) is 10.6. The zero-order valence-corrected chi connectivity index (χ0v) is 12.5. The van der Waals surface area contributed by atoms with Crippen LogP contribution in [0.3, 0.4) is 0 Å². The molecule has 1 unspecified atom stereocenters. The minimum atomic E-state index is -0.619. The van der Waals surface area contributed by atoms with E-state index >= 15 is 0 Å². The minimum Gasteiger partial charge on any atom is -0.278 e. The summed E-state index contributed by atoms with van der Waals surface area (Å²) in [6, 6.07) is 3.73. The monoisotopic (exact) mass is 310 g/mol. The summed E-state index contributed by atoms with van der Waals surface area (Å²) < 4.78 is 0. The maximum absolute atomic E-state index is 12.3. The van der Waals surface area contributed by atoms with Gasteiger partial charge in [0.25, 0.3) is 11.6 Å². The first-order valence-electron chi connectivity index (χ1n) is 6.60. The van der Waals surface area contributed by atoms with Crippen molar-refractivity contribution < 1.29 is 14.5 Å². The van der Waals surface area contributed by atoms with Crippen LogP contribution in [-0.2, 0) is 4.79 Å². The number of likely N-dealkylation sites (tertiary alicyclic amines) is 1. The van der Waals surface area contributed by atoms with Gasteiger partial charge in [-0.3, -0.25) is 24.6 Å². The predicted molar refractivity (Wildman–Crippen MR) is 77.1 cm³/mol. The topological polar surface area (TPSA) is 80.5 Å². The number of amides is 2. The van der Waals surface area contributed by atoms with Gasteiger partial charge in [-0.2, -0.15) is 0 Å². The van der Waals surface area contributed by atoms with Crippen molar-refractivity contribution in [3.05, 3.63) is 38.9 Å². The Morgan fingerprint density at radius 1 is 1.48 bits per heavy atom. The second-order valence-corrected chi connectivity index (χ2v) is 5.85. The van der Waals surface area contributed by atoms with Crippen molar-refractivity contribution >= 4 is 29.1 Å². The van der Waals surface area contributed by atoms with E-state index in [0.717, 1.165) is 0 Å². The Bertz CT molecular complexity index is 615. The fourth-order valence-corrected chi connectivity index (χ4v) is 2.57. The number of nitro groups is 1. The molecule has 1 aliphatic rings. The van der Waals surface area contributed by atoms with Crippen molar-refractivity contribution in [3.63, 3.8) is 0 Å². The first kappa shape index (κ1) is 15.4. The molecule has 1 heterocycles. The van der Waals surface area contributed by atoms with E-state index in [9.17, 15) is 19.7 Å². The normalized spacial score (nSPS) is 18.4. The van der Waals surface area contributed by atoms with Crippen molar-refractivity contribution in [1.82, 2.24) is 4.90 Å². The number of nitrogens with zero attached hydrogens (tertiary/aromatic N) is 2. The number of carbonyl (C=O) groups is 2. The fraction of sp³-hybridized carbons (Fsp3) is 0.429. The zero-order valence-electron chi connectivity index (χ0n) is 11.7. The molecule has 112 valence electrons. The summed E-state index contributed by atoms with van der Waals surface area (Å²) in [4.78, 5) is 35.5. The highest BCUT2D eigenvalue weighted by Gasteiger charge is 2.35. The van der Waals surface area contributed by atoms with E-state index in [2.05, 4.69) is 0 Å². The van der Waals surface area contributed by atoms with Gasteiger partial charge in [-0.25, -0.2) is 0 Å². The molecule has 0 aromatic heterocycles. The van der Waals surface area contributed by atoms with Crippen LogP contribution in [0.5, 0.6) is 0 Å². The quantitative estimate of drug-likeness (QED) is 0.488. The van der Waals surface area contributed by atoms with Crippen molar-refractivity contribution in [2.75, 3.05) is 6.54 Å². The molecule has 1 atom stereocenters. The lowest BCUT2D eigenvalue weighted by atomic mass is 9.95. The molecule has 0 spiro atoms. The predicted octanol–water partition coefficient (Wildman–Crippen LogP) is 2.89. The fourth-order valence-electron chi connectivity index (χ4n) is 2.32. The Morgan fingerprint density at radius 3 is 2.62 bits per heavy atom. The van der Waals surface area contributed by atoms with Gasteiger partial charge in [0.1, 0.15) is 5.02 Å². The molecular formula is C14H15ClN2O4. The van der Waals surface area contributed by atoms with E-state index in [1.165, 1.54) is 23.1 Å². The van der Waals surface area contributed by atoms with Gasteiger partial charge in [0.15, 0.2) is 0 Å². The summed E-state index contributed by atoms with van der Waals surface area (Å²) in [5.74, 6) is -0.213. The Labute approximate surface area is 126 Å². The van der Waals surface area contributed by atoms with Crippen molar-refractivity contribution in [1.29, 1.82) is 0 Å². The Kier molecular flexibility index (Phi) is 4.27. The molecular weight excluding hydrogens is 296 g/mol. The lowest BCUT2D eigenvalue weighted by Crippen LogP contribution is -2.32. The second-order valence-electron chi connectivity index (χ2n) is 5.44. The molecule has 0 aliphatic carbocycles. The molecule has 2 amide bonds. The summed E-state index contributed by atoms with van der Waals surface area (Å²) in [7, 11) is 0. The van der Waals surface area contributed by atoms with E-state index < -0.39 is 10.8 Å². The molecule has 1 fully saturated rings. The van der Waals surface area contributed by atoms with Gasteiger partial charge in [0, 0.05) is 24.6 Å². The first-order valence-corrected chi connectivity index (χ1v) is 6.97. The Balaban J connectivity index is 2.23. The van der Waals surface area contributed by atoms with Gasteiger partial charge in [-0.05, 0) is 24.0 Å². The third kappa shape index (κ3) is 3.05. The van der Waals surface area contributed by atoms with Gasteiger partial charge in [0.05, 0.1) is 4.92 Å². The van der Waals surface area contributed by atoms with Crippen molar-refractivity contribution in [2.24, 2.45) is 11.8 Å². The number of halogens is 1. The average molecular weight is 311 g/mol. The van der Waals surface area contributed by atoms with Gasteiger partial charge in [-0.15, -0.1) is 0 Å². The molecule has 0 N–H and O–H groups in total. The lowest BCUT2D eigenvalue weighted by Gasteiger charge is -2.16. The van der Waals surface area contributed by atoms with Gasteiger partial charge < -0.3 is 0 Å². The second kappa shape index (κ2) is 5.81. The molecule has 1 aliphatic heterocycles. The molecule has 1 saturated heterocycles. The van der Waals surface area contributed by atoms with Crippen LogP contribution in [-0.4, -0.2) is 28.2 Å². The molecule has 7 heteroatoms. The standard InChI is InChI=1S/C14H15ClN2O4/c1-8(2)10-6-13(18)16(7-10)14(19)9-3-4-12(17(20)21)11(15)5-9/h3-5,8,10H,6-7H2,1-2H3. The van der Waals surface area contributed by atoms with Crippen LogP contribution in [0.4, 0.5) is 5.69 Å². The van der Waals surface area contributed by atoms with E-state index in [-0.39, 0.29) is 28.1 Å². The highest BCUT2D eigenvalue weighted by Crippen LogP contribution is 2.29. The molecule has 1 aromatic rings. The SMILES string of the molecule is CC(C)C1CC(=O)N(C(=O)c2ccc([N+](=O)[O-])c(Cl)c2)C1. The highest BCUT2D eigenvalue weighted by atomic mass is 35.5. The Morgan fingerprint density at radius 2 is 2.14 bits per heavy atom. The summed E-state index contributed by atoms with van der Waals surface area (Å²) >= 11 is 5.79. The molecule has 0 saturated carbocycles. The van der Waals surface area contributed by atoms with Crippen molar-refractivity contribution in [3.8, 4) is 0 Å². The maximum Gasteiger partial charge on any atom is 0.287 e. The van der Waals surface area contributed by atoms with Gasteiger partial charge >= 0.3 is 0 Å². The van der Waals surface area contributed by atoms with E-state index in [1.807, 2.05) is 13.8 Å². The van der Waals surface area contributed by atoms with E-state index in [0.29, 0.717) is 18.9 Å². The van der Waals surface area contributed by atoms with E-state index in [1.54, 1.807) is 0 Å². The number of imide groups is 1. The van der Waals surface area contributed by atoms with Crippen LogP contribution in [0, 0.1) is 22.0 Å². The third-order valence-corrected chi connectivity index (χ3v) is 4.04. The van der Waals surface area contributed by atoms with E-state index in [4.69, 9.17) is 11.6 Å². The number of nitro benzene ring substituents is 1. The number of hydrogen-bond acceptors (Lipinski definition) is 4. The molecule has 0 radical (unpaired) electrons. The first-order chi connectivity index (χ1) is 9.81. The number of carbonyl (C=O) groups excluding carboxylic acids is 2. The molecule has 0 bridgehead atoms. The van der Waals surface area contributed by atoms with Gasteiger partial charge in [-0.1, -0.05) is 25.4 Å². The lowest BCUT2D eigenvalue weighted by molar-refractivity contribution is -0.384. The zero-order chi connectivity index (χ0) is 15.7. The van der Waals surface area contributed by atoms with Crippen LogP contribution in [0.15, 0.2) is 18.2 Å². The van der Waals surface area contributed by atoms with Crippen LogP contribution in [0.2, 0.25) is 5.02 Å². The van der Waals surface area contributed by atoms with Crippen LogP contribution in [0.1, 0.15) is 30.6 Å². The minimum absolute atomic E-state index is 0.113. The van der Waals surface area contributed by atoms with Gasteiger partial charge in [0.2, 0.25) is 5.91 Å². The number of hydrogen-bond donors (Lipinski definition) is 0. The largest absolute Gasteiger partial charge is 0.287 e.